The van der Waals surface area contributed by atoms with Gasteiger partial charge in [-0.25, -0.2) is 8.78 Å². The highest BCUT2D eigenvalue weighted by Crippen LogP contribution is 2.48. The molecule has 3 rings (SSSR count). The van der Waals surface area contributed by atoms with Gasteiger partial charge < -0.3 is 25.7 Å². The number of halogens is 2. The van der Waals surface area contributed by atoms with Gasteiger partial charge in [-0.3, -0.25) is 14.4 Å². The number of aromatic hydroxyl groups is 1. The second kappa shape index (κ2) is 13.4. The van der Waals surface area contributed by atoms with Gasteiger partial charge in [0.2, 0.25) is 5.91 Å². The van der Waals surface area contributed by atoms with Crippen molar-refractivity contribution < 1.29 is 33.4 Å². The summed E-state index contributed by atoms with van der Waals surface area (Å²) in [4.78, 5) is 41.0. The number of phenolic OH excluding ortho intramolecular Hbond substituents is 1. The number of carbonyl (C=O) groups excluding carboxylic acids is 3. The zero-order valence-electron chi connectivity index (χ0n) is 24.1. The van der Waals surface area contributed by atoms with Gasteiger partial charge in [-0.05, 0) is 37.0 Å². The SMILES string of the molecule is CCCCCNC(=O)[C@H]1N(C(=O)[C@@H](O)[C@H](Cc2ccccc2)NC(=O)c2cccc(O)c2CC)CC(F)(F)C1(C)C. The lowest BCUT2D eigenvalue weighted by Gasteiger charge is -2.34. The van der Waals surface area contributed by atoms with E-state index in [4.69, 9.17) is 0 Å². The van der Waals surface area contributed by atoms with Crippen LogP contribution in [0.3, 0.4) is 0 Å². The van der Waals surface area contributed by atoms with Crippen LogP contribution in [0, 0.1) is 5.41 Å². The van der Waals surface area contributed by atoms with Crippen LogP contribution in [-0.2, 0) is 22.4 Å². The summed E-state index contributed by atoms with van der Waals surface area (Å²) in [5, 5.41) is 26.9. The summed E-state index contributed by atoms with van der Waals surface area (Å²) in [6.07, 6.45) is 0.876. The lowest BCUT2D eigenvalue weighted by molar-refractivity contribution is -0.148. The van der Waals surface area contributed by atoms with Crippen molar-refractivity contribution >= 4 is 17.7 Å². The Morgan fingerprint density at radius 1 is 1.05 bits per heavy atom. The first-order valence-corrected chi connectivity index (χ1v) is 14.1. The largest absolute Gasteiger partial charge is 0.508 e. The first-order valence-electron chi connectivity index (χ1n) is 14.1. The van der Waals surface area contributed by atoms with Crippen LogP contribution in [0.15, 0.2) is 48.5 Å². The molecular weight excluding hydrogens is 532 g/mol. The second-order valence-corrected chi connectivity index (χ2v) is 11.2. The van der Waals surface area contributed by atoms with Crippen molar-refractivity contribution in [2.45, 2.75) is 83.9 Å². The molecule has 0 spiro atoms. The van der Waals surface area contributed by atoms with Crippen molar-refractivity contribution in [1.29, 1.82) is 0 Å². The number of rotatable bonds is 12. The molecule has 2 aromatic rings. The lowest BCUT2D eigenvalue weighted by atomic mass is 9.81. The van der Waals surface area contributed by atoms with Crippen molar-refractivity contribution in [1.82, 2.24) is 15.5 Å². The van der Waals surface area contributed by atoms with E-state index in [1.807, 2.05) is 6.92 Å². The molecule has 0 unspecified atom stereocenters. The summed E-state index contributed by atoms with van der Waals surface area (Å²) in [7, 11) is 0. The first kappa shape index (κ1) is 32.0. The Kier molecular flexibility index (Phi) is 10.5. The number of hydrogen-bond donors (Lipinski definition) is 4. The maximum atomic E-state index is 15.2. The van der Waals surface area contributed by atoms with Crippen molar-refractivity contribution in [2.75, 3.05) is 13.1 Å². The summed E-state index contributed by atoms with van der Waals surface area (Å²) in [5.74, 6) is -5.88. The molecule has 2 aromatic carbocycles. The van der Waals surface area contributed by atoms with Crippen LogP contribution in [0.5, 0.6) is 5.75 Å². The molecule has 3 amide bonds. The van der Waals surface area contributed by atoms with Crippen LogP contribution >= 0.6 is 0 Å². The predicted molar refractivity (Wildman–Crippen MR) is 152 cm³/mol. The Morgan fingerprint density at radius 3 is 2.37 bits per heavy atom. The van der Waals surface area contributed by atoms with Gasteiger partial charge >= 0.3 is 0 Å². The monoisotopic (exact) mass is 573 g/mol. The van der Waals surface area contributed by atoms with E-state index in [1.165, 1.54) is 32.0 Å². The van der Waals surface area contributed by atoms with E-state index >= 15 is 8.78 Å². The Bertz CT molecular complexity index is 1220. The highest BCUT2D eigenvalue weighted by molar-refractivity contribution is 5.97. The van der Waals surface area contributed by atoms with Crippen molar-refractivity contribution in [3.05, 3.63) is 65.2 Å². The Hall–Kier alpha value is -3.53. The van der Waals surface area contributed by atoms with Crippen LogP contribution in [0.1, 0.15) is 68.4 Å². The van der Waals surface area contributed by atoms with E-state index in [0.717, 1.165) is 17.7 Å². The van der Waals surface area contributed by atoms with Gasteiger partial charge in [0.15, 0.2) is 6.10 Å². The summed E-state index contributed by atoms with van der Waals surface area (Å²) >= 11 is 0. The molecule has 0 radical (unpaired) electrons. The van der Waals surface area contributed by atoms with Crippen molar-refractivity contribution in [2.24, 2.45) is 5.41 Å². The van der Waals surface area contributed by atoms with Gasteiger partial charge in [-0.15, -0.1) is 0 Å². The molecule has 0 bridgehead atoms. The molecule has 1 fully saturated rings. The van der Waals surface area contributed by atoms with Gasteiger partial charge in [-0.2, -0.15) is 0 Å². The van der Waals surface area contributed by atoms with Crippen LogP contribution < -0.4 is 10.6 Å². The molecule has 41 heavy (non-hydrogen) atoms. The van der Waals surface area contributed by atoms with E-state index in [2.05, 4.69) is 10.6 Å². The topological polar surface area (TPSA) is 119 Å². The molecule has 8 nitrogen and oxygen atoms in total. The first-order chi connectivity index (χ1) is 19.4. The third-order valence-corrected chi connectivity index (χ3v) is 7.92. The van der Waals surface area contributed by atoms with Crippen molar-refractivity contribution in [3.63, 3.8) is 0 Å². The number of likely N-dealkylation sites (tertiary alicyclic amines) is 1. The average molecular weight is 574 g/mol. The summed E-state index contributed by atoms with van der Waals surface area (Å²) in [6, 6.07) is 10.6. The maximum absolute atomic E-state index is 15.2. The Morgan fingerprint density at radius 2 is 1.73 bits per heavy atom. The fraction of sp³-hybridized carbons (Fsp3) is 0.516. The van der Waals surface area contributed by atoms with Crippen LogP contribution in [0.2, 0.25) is 0 Å². The van der Waals surface area contributed by atoms with Crippen molar-refractivity contribution in [3.8, 4) is 5.75 Å². The molecule has 0 saturated carbocycles. The van der Waals surface area contributed by atoms with E-state index in [1.54, 1.807) is 37.3 Å². The minimum Gasteiger partial charge on any atom is -0.508 e. The van der Waals surface area contributed by atoms with Crippen LogP contribution in [0.4, 0.5) is 8.78 Å². The molecule has 3 atom stereocenters. The number of aliphatic hydroxyl groups is 1. The van der Waals surface area contributed by atoms with E-state index < -0.39 is 53.8 Å². The molecule has 4 N–H and O–H groups in total. The zero-order chi connectivity index (χ0) is 30.4. The predicted octanol–water partition coefficient (Wildman–Crippen LogP) is 3.84. The number of carbonyl (C=O) groups is 3. The number of phenols is 1. The van der Waals surface area contributed by atoms with Crippen LogP contribution in [0.25, 0.3) is 0 Å². The number of alkyl halides is 2. The molecular formula is C31H41F2N3O5. The lowest BCUT2D eigenvalue weighted by Crippen LogP contribution is -2.57. The van der Waals surface area contributed by atoms with Gasteiger partial charge in [-0.1, -0.05) is 76.9 Å². The summed E-state index contributed by atoms with van der Waals surface area (Å²) < 4.78 is 30.4. The number of unbranched alkanes of at least 4 members (excludes halogenated alkanes) is 2. The standard InChI is InChI=1S/C31H41F2N3O5/c1-5-7-11-17-34-28(40)26-30(3,4)31(32,33)19-36(26)29(41)25(38)23(18-20-13-9-8-10-14-20)35-27(39)22-15-12-16-24(37)21(22)6-2/h8-10,12-16,23,25-26,37-38H,5-7,11,17-19H2,1-4H3,(H,34,40)(H,35,39)/t23-,25-,26+/m0/s1. The van der Waals surface area contributed by atoms with Gasteiger partial charge in [0.05, 0.1) is 18.0 Å². The maximum Gasteiger partial charge on any atom is 0.272 e. The molecule has 1 aliphatic heterocycles. The van der Waals surface area contributed by atoms with Crippen LogP contribution in [-0.4, -0.2) is 70.0 Å². The zero-order valence-corrected chi connectivity index (χ0v) is 24.1. The third-order valence-electron chi connectivity index (χ3n) is 7.92. The Labute approximate surface area is 240 Å². The third kappa shape index (κ3) is 7.04. The number of hydrogen-bond acceptors (Lipinski definition) is 5. The van der Waals surface area contributed by atoms with E-state index in [0.29, 0.717) is 24.0 Å². The average Bonchev–Trinajstić information content (AvgIpc) is 3.13. The number of aliphatic hydroxyl groups excluding tert-OH is 1. The summed E-state index contributed by atoms with van der Waals surface area (Å²) in [5.41, 5.74) is -0.644. The fourth-order valence-electron chi connectivity index (χ4n) is 5.31. The van der Waals surface area contributed by atoms with Gasteiger partial charge in [0.25, 0.3) is 17.7 Å². The fourth-order valence-corrected chi connectivity index (χ4v) is 5.31. The smallest absolute Gasteiger partial charge is 0.272 e. The highest BCUT2D eigenvalue weighted by atomic mass is 19.3. The molecule has 1 heterocycles. The minimum absolute atomic E-state index is 0.0151. The second-order valence-electron chi connectivity index (χ2n) is 11.2. The Balaban J connectivity index is 1.92. The molecule has 0 aromatic heterocycles. The highest BCUT2D eigenvalue weighted by Gasteiger charge is 2.64. The minimum atomic E-state index is -3.40. The number of nitrogens with one attached hydrogen (secondary N) is 2. The quantitative estimate of drug-likeness (QED) is 0.288. The molecule has 10 heteroatoms. The molecule has 0 aliphatic carbocycles. The molecule has 1 saturated heterocycles. The molecule has 1 aliphatic rings. The van der Waals surface area contributed by atoms with E-state index in [-0.39, 0.29) is 24.3 Å². The van der Waals surface area contributed by atoms with Gasteiger partial charge in [0, 0.05) is 17.7 Å². The van der Waals surface area contributed by atoms with Gasteiger partial charge in [0.1, 0.15) is 11.8 Å². The molecule has 224 valence electrons. The van der Waals surface area contributed by atoms with E-state index in [9.17, 15) is 24.6 Å². The normalized spacial score (nSPS) is 18.9. The number of amides is 3. The number of benzene rings is 2. The summed E-state index contributed by atoms with van der Waals surface area (Å²) in [6.45, 7) is 5.49. The number of nitrogens with zero attached hydrogens (tertiary/aromatic N) is 1.